The molecular formula is C43H47N9O8. The molecule has 0 aliphatic rings. The maximum Gasteiger partial charge on any atom is 0.261 e. The van der Waals surface area contributed by atoms with Gasteiger partial charge in [0.15, 0.2) is 0 Å². The van der Waals surface area contributed by atoms with Crippen LogP contribution >= 0.6 is 0 Å². The molecule has 0 bridgehead atoms. The highest BCUT2D eigenvalue weighted by Gasteiger charge is 2.27. The van der Waals surface area contributed by atoms with E-state index >= 15 is 0 Å². The maximum absolute atomic E-state index is 13.7. The zero-order chi connectivity index (χ0) is 43.0. The van der Waals surface area contributed by atoms with Crippen LogP contribution in [0, 0.1) is 0 Å². The number of benzene rings is 4. The number of nitrogens with one attached hydrogen (secondary N) is 8. The zero-order valence-corrected chi connectivity index (χ0v) is 32.7. The lowest BCUT2D eigenvalue weighted by Gasteiger charge is -2.22. The van der Waals surface area contributed by atoms with Gasteiger partial charge >= 0.3 is 0 Å². The van der Waals surface area contributed by atoms with Gasteiger partial charge in [0.1, 0.15) is 23.9 Å². The van der Waals surface area contributed by atoms with Crippen LogP contribution in [0.1, 0.15) is 34.0 Å². The molecule has 1 heterocycles. The molecule has 0 fully saturated rings. The summed E-state index contributed by atoms with van der Waals surface area (Å²) in [5.74, 6) is -4.69. The van der Waals surface area contributed by atoms with Crippen molar-refractivity contribution in [3.05, 3.63) is 138 Å². The number of phenolic OH excluding ortho intramolecular Hbond substituents is 1. The predicted molar refractivity (Wildman–Crippen MR) is 221 cm³/mol. The van der Waals surface area contributed by atoms with E-state index in [9.17, 15) is 38.7 Å². The molecule has 17 heteroatoms. The average molecular weight is 818 g/mol. The van der Waals surface area contributed by atoms with Gasteiger partial charge < -0.3 is 42.4 Å². The average Bonchev–Trinajstić information content (AvgIpc) is 3.67. The number of carbonyl (C=O) groups excluding carboxylic acids is 7. The van der Waals surface area contributed by atoms with Gasteiger partial charge in [0.05, 0.1) is 19.1 Å². The first-order valence-corrected chi connectivity index (χ1v) is 19.1. The van der Waals surface area contributed by atoms with Crippen molar-refractivity contribution in [3.63, 3.8) is 0 Å². The summed E-state index contributed by atoms with van der Waals surface area (Å²) in [6.45, 7) is 0.435. The summed E-state index contributed by atoms with van der Waals surface area (Å²) in [6.07, 6.45) is 1.88. The van der Waals surface area contributed by atoms with Crippen LogP contribution in [0.5, 0.6) is 5.75 Å². The summed E-state index contributed by atoms with van der Waals surface area (Å²) >= 11 is 0. The van der Waals surface area contributed by atoms with Crippen LogP contribution in [0.4, 0.5) is 0 Å². The summed E-state index contributed by atoms with van der Waals surface area (Å²) in [6, 6.07) is 26.1. The number of amides is 7. The molecule has 0 spiro atoms. The van der Waals surface area contributed by atoms with Crippen molar-refractivity contribution in [2.45, 2.75) is 50.4 Å². The van der Waals surface area contributed by atoms with Crippen LogP contribution in [0.25, 0.3) is 10.9 Å². The molecule has 0 saturated heterocycles. The van der Waals surface area contributed by atoms with Crippen molar-refractivity contribution in [3.8, 4) is 5.75 Å². The Bertz CT molecular complexity index is 2280. The van der Waals surface area contributed by atoms with Crippen LogP contribution < -0.4 is 43.2 Å². The lowest BCUT2D eigenvalue weighted by atomic mass is 10.0. The number of hydrazine groups is 1. The Kier molecular flexibility index (Phi) is 15.5. The second-order valence-electron chi connectivity index (χ2n) is 13.9. The summed E-state index contributed by atoms with van der Waals surface area (Å²) in [7, 11) is 0. The second-order valence-corrected chi connectivity index (χ2v) is 13.9. The fraction of sp³-hybridized carbons (Fsp3) is 0.233. The monoisotopic (exact) mass is 817 g/mol. The SMILES string of the molecule is C[C@H](NC(=O)[C@@H](N)Cc1ccc(O)cc1)C(=O)NCC(=O)N[C@@H](Cc1ccccc1)C(=O)NNC(=O)[C@@H](Cc1c[nH]c2ccccc12)NC(=O)CNC(=O)c1ccccc1. The van der Waals surface area contributed by atoms with Crippen LogP contribution in [0.2, 0.25) is 0 Å². The minimum absolute atomic E-state index is 0.00419. The van der Waals surface area contributed by atoms with Crippen molar-refractivity contribution >= 4 is 52.3 Å². The fourth-order valence-corrected chi connectivity index (χ4v) is 6.11. The predicted octanol–water partition coefficient (Wildman–Crippen LogP) is 0.397. The van der Waals surface area contributed by atoms with Gasteiger partial charge in [-0.2, -0.15) is 0 Å². The van der Waals surface area contributed by atoms with E-state index in [0.717, 1.165) is 10.9 Å². The minimum Gasteiger partial charge on any atom is -0.508 e. The van der Waals surface area contributed by atoms with Gasteiger partial charge in [0.25, 0.3) is 17.7 Å². The van der Waals surface area contributed by atoms with E-state index in [4.69, 9.17) is 5.73 Å². The second kappa shape index (κ2) is 21.3. The van der Waals surface area contributed by atoms with Crippen LogP contribution in [0.3, 0.4) is 0 Å². The number of nitrogens with two attached hydrogens (primary N) is 1. The van der Waals surface area contributed by atoms with Gasteiger partial charge in [0.2, 0.25) is 23.6 Å². The minimum atomic E-state index is -1.23. The van der Waals surface area contributed by atoms with Gasteiger partial charge in [0, 0.05) is 35.5 Å². The third-order valence-electron chi connectivity index (χ3n) is 9.34. The summed E-state index contributed by atoms with van der Waals surface area (Å²) in [5, 5.41) is 23.0. The molecule has 17 nitrogen and oxygen atoms in total. The Hall–Kier alpha value is -7.53. The number of para-hydroxylation sites is 1. The molecule has 0 radical (unpaired) electrons. The molecule has 1 aromatic heterocycles. The number of aromatic hydroxyl groups is 1. The largest absolute Gasteiger partial charge is 0.508 e. The molecule has 60 heavy (non-hydrogen) atoms. The van der Waals surface area contributed by atoms with E-state index < -0.39 is 78.6 Å². The van der Waals surface area contributed by atoms with Gasteiger partial charge in [-0.05, 0) is 60.4 Å². The van der Waals surface area contributed by atoms with Crippen molar-refractivity contribution in [1.29, 1.82) is 0 Å². The number of aromatic amines is 1. The smallest absolute Gasteiger partial charge is 0.261 e. The van der Waals surface area contributed by atoms with Gasteiger partial charge in [-0.1, -0.05) is 78.9 Å². The topological polar surface area (TPSA) is 266 Å². The van der Waals surface area contributed by atoms with E-state index in [0.29, 0.717) is 22.3 Å². The van der Waals surface area contributed by atoms with Gasteiger partial charge in [-0.15, -0.1) is 0 Å². The first kappa shape index (κ1) is 43.6. The number of hydrogen-bond acceptors (Lipinski definition) is 9. The summed E-state index contributed by atoms with van der Waals surface area (Å²) < 4.78 is 0. The van der Waals surface area contributed by atoms with Crippen LogP contribution in [0.15, 0.2) is 115 Å². The Morgan fingerprint density at radius 3 is 1.80 bits per heavy atom. The summed E-state index contributed by atoms with van der Waals surface area (Å²) in [4.78, 5) is 94.5. The molecule has 5 rings (SSSR count). The molecule has 0 unspecified atom stereocenters. The van der Waals surface area contributed by atoms with E-state index in [1.807, 2.05) is 24.3 Å². The number of rotatable bonds is 18. The third kappa shape index (κ3) is 13.0. The van der Waals surface area contributed by atoms with Crippen LogP contribution in [-0.4, -0.2) is 88.7 Å². The quantitative estimate of drug-likeness (QED) is 0.0548. The third-order valence-corrected chi connectivity index (χ3v) is 9.34. The van der Waals surface area contributed by atoms with E-state index in [1.54, 1.807) is 79.0 Å². The van der Waals surface area contributed by atoms with Crippen molar-refractivity contribution < 1.29 is 38.7 Å². The molecule has 0 aliphatic heterocycles. The first-order valence-electron chi connectivity index (χ1n) is 19.1. The van der Waals surface area contributed by atoms with Gasteiger partial charge in [-0.3, -0.25) is 44.4 Å². The number of phenols is 1. The van der Waals surface area contributed by atoms with Crippen molar-refractivity contribution in [2.24, 2.45) is 5.73 Å². The molecule has 7 amide bonds. The molecule has 312 valence electrons. The Morgan fingerprint density at radius 2 is 1.15 bits per heavy atom. The van der Waals surface area contributed by atoms with Gasteiger partial charge in [-0.25, -0.2) is 0 Å². The highest BCUT2D eigenvalue weighted by atomic mass is 16.3. The molecule has 0 saturated carbocycles. The molecule has 0 aliphatic carbocycles. The molecule has 4 aromatic carbocycles. The number of hydrogen-bond donors (Lipinski definition) is 10. The Morgan fingerprint density at radius 1 is 0.600 bits per heavy atom. The zero-order valence-electron chi connectivity index (χ0n) is 32.7. The molecule has 11 N–H and O–H groups in total. The highest BCUT2D eigenvalue weighted by molar-refractivity contribution is 5.98. The number of H-pyrrole nitrogens is 1. The van der Waals surface area contributed by atoms with E-state index in [-0.39, 0.29) is 25.0 Å². The molecule has 4 atom stereocenters. The number of carbonyl (C=O) groups is 7. The molecule has 5 aromatic rings. The van der Waals surface area contributed by atoms with Crippen molar-refractivity contribution in [1.82, 2.24) is 42.4 Å². The standard InChI is InChI=1S/C43H47N9O8/c1-26(48-41(58)33(44)20-28-16-18-31(53)19-17-28)39(56)46-24-37(54)49-35(21-27-10-4-2-5-11-27)42(59)51-52-43(60)36(22-30-23-45-34-15-9-8-14-32(30)34)50-38(55)25-47-40(57)29-12-6-3-7-13-29/h2-19,23,26,33,35-36,45,53H,20-22,24-25,44H2,1H3,(H,46,56)(H,47,57)(H,48,58)(H,49,54)(H,50,55)(H,51,59)(H,52,60)/t26-,33-,35-,36+/m0/s1. The van der Waals surface area contributed by atoms with E-state index in [2.05, 4.69) is 42.4 Å². The first-order chi connectivity index (χ1) is 28.9. The van der Waals surface area contributed by atoms with Crippen LogP contribution in [-0.2, 0) is 48.0 Å². The summed E-state index contributed by atoms with van der Waals surface area (Å²) in [5.41, 5.74) is 13.9. The maximum atomic E-state index is 13.7. The lowest BCUT2D eigenvalue weighted by molar-refractivity contribution is -0.134. The normalized spacial score (nSPS) is 12.8. The van der Waals surface area contributed by atoms with E-state index in [1.165, 1.54) is 19.1 Å². The fourth-order valence-electron chi connectivity index (χ4n) is 6.11. The Labute approximate surface area is 345 Å². The number of aromatic nitrogens is 1. The lowest BCUT2D eigenvalue weighted by Crippen LogP contribution is -2.58. The molecular weight excluding hydrogens is 771 g/mol. The number of fused-ring (bicyclic) bond motifs is 1. The Balaban J connectivity index is 1.18. The highest BCUT2D eigenvalue weighted by Crippen LogP contribution is 2.19. The van der Waals surface area contributed by atoms with Crippen molar-refractivity contribution in [2.75, 3.05) is 13.1 Å².